The molecule has 0 radical (unpaired) electrons. The molecular weight excluding hydrogens is 410 g/mol. The van der Waals surface area contributed by atoms with Gasteiger partial charge in [-0.25, -0.2) is 0 Å². The van der Waals surface area contributed by atoms with Gasteiger partial charge in [-0.2, -0.15) is 5.10 Å². The summed E-state index contributed by atoms with van der Waals surface area (Å²) in [5.41, 5.74) is 5.90. The van der Waals surface area contributed by atoms with Crippen molar-refractivity contribution in [1.29, 1.82) is 0 Å². The van der Waals surface area contributed by atoms with Crippen LogP contribution in [0.25, 0.3) is 11.1 Å². The number of nitrogens with one attached hydrogen (secondary N) is 1. The highest BCUT2D eigenvalue weighted by atomic mass is 16.5. The van der Waals surface area contributed by atoms with E-state index in [9.17, 15) is 4.79 Å². The van der Waals surface area contributed by atoms with Crippen LogP contribution < -0.4 is 5.32 Å². The van der Waals surface area contributed by atoms with Crippen LogP contribution in [0.15, 0.2) is 91.3 Å². The molecule has 0 aliphatic carbocycles. The van der Waals surface area contributed by atoms with Crippen molar-refractivity contribution in [2.75, 3.05) is 0 Å². The van der Waals surface area contributed by atoms with Gasteiger partial charge in [-0.15, -0.1) is 0 Å². The summed E-state index contributed by atoms with van der Waals surface area (Å²) in [5, 5.41) is 7.32. The number of carbonyl (C=O) groups excluding carboxylic acids is 1. The zero-order chi connectivity index (χ0) is 23.0. The van der Waals surface area contributed by atoms with Crippen molar-refractivity contribution >= 4 is 5.91 Å². The molecule has 0 atom stereocenters. The smallest absolute Gasteiger partial charge is 0.252 e. The van der Waals surface area contributed by atoms with Crippen LogP contribution in [0.1, 0.15) is 40.9 Å². The predicted octanol–water partition coefficient (Wildman–Crippen LogP) is 5.45. The maximum Gasteiger partial charge on any atom is 0.252 e. The van der Waals surface area contributed by atoms with Crippen LogP contribution in [0.2, 0.25) is 0 Å². The number of ether oxygens (including phenoxy) is 1. The molecule has 5 nitrogen and oxygen atoms in total. The Labute approximate surface area is 195 Å². The number of rotatable bonds is 9. The number of carbonyl (C=O) groups is 1. The number of nitrogens with zero attached hydrogens (tertiary/aromatic N) is 2. The number of hydrogen-bond acceptors (Lipinski definition) is 3. The lowest BCUT2D eigenvalue weighted by Crippen LogP contribution is -2.23. The highest BCUT2D eigenvalue weighted by Crippen LogP contribution is 2.24. The fourth-order valence-corrected chi connectivity index (χ4v) is 3.67. The largest absolute Gasteiger partial charge is 0.374 e. The van der Waals surface area contributed by atoms with E-state index in [1.165, 1.54) is 0 Å². The molecule has 1 heterocycles. The number of amides is 1. The Morgan fingerprint density at radius 1 is 0.939 bits per heavy atom. The Morgan fingerprint density at radius 3 is 2.48 bits per heavy atom. The van der Waals surface area contributed by atoms with Gasteiger partial charge in [0.1, 0.15) is 0 Å². The summed E-state index contributed by atoms with van der Waals surface area (Å²) in [6, 6.07) is 26.0. The van der Waals surface area contributed by atoms with E-state index >= 15 is 0 Å². The summed E-state index contributed by atoms with van der Waals surface area (Å²) in [7, 11) is 0. The van der Waals surface area contributed by atoms with Crippen LogP contribution in [0.5, 0.6) is 0 Å². The fraction of sp³-hybridized carbons (Fsp3) is 0.214. The minimum absolute atomic E-state index is 0.0879. The molecular formula is C28H29N3O2. The van der Waals surface area contributed by atoms with Crippen LogP contribution in [-0.4, -0.2) is 21.8 Å². The van der Waals surface area contributed by atoms with E-state index in [0.29, 0.717) is 18.7 Å². The molecule has 0 unspecified atom stereocenters. The minimum atomic E-state index is -0.0879. The third kappa shape index (κ3) is 6.18. The molecule has 33 heavy (non-hydrogen) atoms. The topological polar surface area (TPSA) is 56.1 Å². The zero-order valence-electron chi connectivity index (χ0n) is 19.1. The summed E-state index contributed by atoms with van der Waals surface area (Å²) < 4.78 is 7.58. The number of benzene rings is 3. The van der Waals surface area contributed by atoms with E-state index in [4.69, 9.17) is 4.74 Å². The molecule has 3 aromatic carbocycles. The second-order valence-electron chi connectivity index (χ2n) is 8.31. The molecule has 0 fully saturated rings. The first-order valence-corrected chi connectivity index (χ1v) is 11.2. The first-order chi connectivity index (χ1) is 16.1. The summed E-state index contributed by atoms with van der Waals surface area (Å²) in [6.45, 7) is 5.80. The molecule has 0 spiro atoms. The molecule has 0 aliphatic rings. The normalized spacial score (nSPS) is 11.0. The van der Waals surface area contributed by atoms with E-state index in [-0.39, 0.29) is 12.0 Å². The lowest BCUT2D eigenvalue weighted by molar-refractivity contribution is 0.0657. The van der Waals surface area contributed by atoms with E-state index in [0.717, 1.165) is 34.4 Å². The van der Waals surface area contributed by atoms with Crippen LogP contribution in [0.3, 0.4) is 0 Å². The van der Waals surface area contributed by atoms with Crippen molar-refractivity contribution in [2.24, 2.45) is 0 Å². The van der Waals surface area contributed by atoms with Crippen molar-refractivity contribution in [2.45, 2.75) is 39.6 Å². The first-order valence-electron chi connectivity index (χ1n) is 11.2. The summed E-state index contributed by atoms with van der Waals surface area (Å²) >= 11 is 0. The van der Waals surface area contributed by atoms with Crippen LogP contribution in [0, 0.1) is 0 Å². The van der Waals surface area contributed by atoms with Crippen LogP contribution >= 0.6 is 0 Å². The molecule has 1 N–H and O–H groups in total. The van der Waals surface area contributed by atoms with Gasteiger partial charge in [-0.05, 0) is 53.8 Å². The Balaban J connectivity index is 1.44. The van der Waals surface area contributed by atoms with Gasteiger partial charge in [0.15, 0.2) is 0 Å². The average molecular weight is 440 g/mol. The van der Waals surface area contributed by atoms with Gasteiger partial charge >= 0.3 is 0 Å². The van der Waals surface area contributed by atoms with E-state index < -0.39 is 0 Å². The van der Waals surface area contributed by atoms with E-state index in [1.807, 2.05) is 73.3 Å². The van der Waals surface area contributed by atoms with Gasteiger partial charge < -0.3 is 10.1 Å². The van der Waals surface area contributed by atoms with Gasteiger partial charge in [0.25, 0.3) is 5.91 Å². The number of hydrogen-bond donors (Lipinski definition) is 1. The fourth-order valence-electron chi connectivity index (χ4n) is 3.67. The lowest BCUT2D eigenvalue weighted by Gasteiger charge is -2.12. The summed E-state index contributed by atoms with van der Waals surface area (Å²) in [5.74, 6) is -0.0879. The van der Waals surface area contributed by atoms with Gasteiger partial charge in [0, 0.05) is 24.5 Å². The van der Waals surface area contributed by atoms with Gasteiger partial charge in [0.2, 0.25) is 0 Å². The predicted molar refractivity (Wildman–Crippen MR) is 131 cm³/mol. The molecule has 0 saturated heterocycles. The Hall–Kier alpha value is -3.70. The highest BCUT2D eigenvalue weighted by Gasteiger charge is 2.12. The van der Waals surface area contributed by atoms with Crippen LogP contribution in [0.4, 0.5) is 0 Å². The third-order valence-electron chi connectivity index (χ3n) is 5.37. The molecule has 5 heteroatoms. The molecule has 0 saturated carbocycles. The van der Waals surface area contributed by atoms with E-state index in [2.05, 4.69) is 40.7 Å². The van der Waals surface area contributed by atoms with Crippen molar-refractivity contribution in [3.8, 4) is 11.1 Å². The second kappa shape index (κ2) is 10.7. The lowest BCUT2D eigenvalue weighted by atomic mass is 9.98. The van der Waals surface area contributed by atoms with Gasteiger partial charge in [0.05, 0.1) is 19.3 Å². The third-order valence-corrected chi connectivity index (χ3v) is 5.37. The Bertz CT molecular complexity index is 1180. The van der Waals surface area contributed by atoms with Gasteiger partial charge in [-0.1, -0.05) is 66.7 Å². The highest BCUT2D eigenvalue weighted by molar-refractivity contribution is 6.00. The van der Waals surface area contributed by atoms with Crippen molar-refractivity contribution in [3.63, 3.8) is 0 Å². The number of aromatic nitrogens is 2. The monoisotopic (exact) mass is 439 g/mol. The molecule has 4 aromatic rings. The first kappa shape index (κ1) is 22.5. The molecule has 4 rings (SSSR count). The maximum atomic E-state index is 13.0. The Morgan fingerprint density at radius 2 is 1.73 bits per heavy atom. The Kier molecular flexibility index (Phi) is 7.33. The minimum Gasteiger partial charge on any atom is -0.374 e. The quantitative estimate of drug-likeness (QED) is 0.377. The molecule has 1 amide bonds. The van der Waals surface area contributed by atoms with Crippen LogP contribution in [-0.2, 0) is 24.4 Å². The van der Waals surface area contributed by atoms with Gasteiger partial charge in [-0.3, -0.25) is 9.48 Å². The standard InChI is InChI=1S/C28H29N3O2/c1-21(2)33-20-24-8-5-7-23(17-24)18-29-28(32)27-10-4-3-9-26(27)25-13-11-22(12-14-25)19-31-16-6-15-30-31/h3-17,21H,18-20H2,1-2H3,(H,29,32). The SMILES string of the molecule is CC(C)OCc1cccc(CNC(=O)c2ccccc2-c2ccc(Cn3cccn3)cc2)c1. The van der Waals surface area contributed by atoms with Crippen molar-refractivity contribution in [3.05, 3.63) is 114 Å². The molecule has 0 aliphatic heterocycles. The van der Waals surface area contributed by atoms with E-state index in [1.54, 1.807) is 6.20 Å². The van der Waals surface area contributed by atoms with Crippen molar-refractivity contribution in [1.82, 2.24) is 15.1 Å². The summed E-state index contributed by atoms with van der Waals surface area (Å²) in [6.07, 6.45) is 3.91. The maximum absolute atomic E-state index is 13.0. The molecule has 0 bridgehead atoms. The molecule has 168 valence electrons. The summed E-state index contributed by atoms with van der Waals surface area (Å²) in [4.78, 5) is 13.0. The average Bonchev–Trinajstić information content (AvgIpc) is 3.35. The zero-order valence-corrected chi connectivity index (χ0v) is 19.1. The second-order valence-corrected chi connectivity index (χ2v) is 8.31. The van der Waals surface area contributed by atoms with Crippen molar-refractivity contribution < 1.29 is 9.53 Å². The molecule has 1 aromatic heterocycles.